The van der Waals surface area contributed by atoms with Gasteiger partial charge in [-0.3, -0.25) is 24.0 Å². The fraction of sp³-hybridized carbons (Fsp3) is 0.675. The first-order valence-corrected chi connectivity index (χ1v) is 17.7. The van der Waals surface area contributed by atoms with Crippen LogP contribution in [-0.2, 0) is 82.8 Å². The molecule has 1 aromatic carbocycles. The third-order valence-electron chi connectivity index (χ3n) is 6.28. The van der Waals surface area contributed by atoms with E-state index in [2.05, 4.69) is 0 Å². The lowest BCUT2D eigenvalue weighted by atomic mass is 9.93. The summed E-state index contributed by atoms with van der Waals surface area (Å²) in [7, 11) is 6.06. The van der Waals surface area contributed by atoms with Crippen molar-refractivity contribution in [3.05, 3.63) is 35.9 Å². The molecule has 0 saturated carbocycles. The van der Waals surface area contributed by atoms with Crippen molar-refractivity contribution in [3.63, 3.8) is 0 Å². The lowest BCUT2D eigenvalue weighted by Gasteiger charge is -2.25. The van der Waals surface area contributed by atoms with E-state index in [1.807, 2.05) is 30.3 Å². The number of ether oxygens (including phenoxy) is 9. The van der Waals surface area contributed by atoms with Gasteiger partial charge in [0.05, 0.1) is 39.6 Å². The molecule has 16 heteroatoms. The van der Waals surface area contributed by atoms with Crippen LogP contribution in [0.5, 0.6) is 0 Å². The van der Waals surface area contributed by atoms with Crippen LogP contribution in [0.15, 0.2) is 30.3 Å². The molecular formula is C40H68O16. The van der Waals surface area contributed by atoms with Gasteiger partial charge < -0.3 is 52.2 Å². The highest BCUT2D eigenvalue weighted by molar-refractivity contribution is 5.78. The third-order valence-corrected chi connectivity index (χ3v) is 6.28. The van der Waals surface area contributed by atoms with E-state index in [1.54, 1.807) is 48.8 Å². The number of hydrogen-bond acceptors (Lipinski definition) is 16. The van der Waals surface area contributed by atoms with Gasteiger partial charge in [0.25, 0.3) is 0 Å². The second kappa shape index (κ2) is 34.0. The van der Waals surface area contributed by atoms with E-state index in [0.29, 0.717) is 0 Å². The lowest BCUT2D eigenvalue weighted by Crippen LogP contribution is -2.39. The Morgan fingerprint density at radius 1 is 0.446 bits per heavy atom. The molecule has 0 fully saturated rings. The van der Waals surface area contributed by atoms with Gasteiger partial charge in [0.1, 0.15) is 47.6 Å². The van der Waals surface area contributed by atoms with Crippen LogP contribution in [0.4, 0.5) is 0 Å². The Hall–Kier alpha value is -4.25. The monoisotopic (exact) mass is 804 g/mol. The van der Waals surface area contributed by atoms with Crippen molar-refractivity contribution >= 4 is 41.4 Å². The van der Waals surface area contributed by atoms with Crippen LogP contribution in [0, 0.1) is 16.2 Å². The summed E-state index contributed by atoms with van der Waals surface area (Å²) in [4.78, 5) is 75.4. The van der Waals surface area contributed by atoms with Gasteiger partial charge in [-0.05, 0) is 67.9 Å². The predicted octanol–water partition coefficient (Wildman–Crippen LogP) is 4.75. The van der Waals surface area contributed by atoms with Gasteiger partial charge in [-0.15, -0.1) is 0 Å². The van der Waals surface area contributed by atoms with Crippen molar-refractivity contribution in [3.8, 4) is 0 Å². The van der Waals surface area contributed by atoms with Crippen LogP contribution < -0.4 is 0 Å². The maximum atomic E-state index is 12.0. The molecule has 0 N–H and O–H groups in total. The van der Waals surface area contributed by atoms with Crippen LogP contribution >= 0.6 is 0 Å². The molecule has 0 aliphatic heterocycles. The number of hydrogen-bond donors (Lipinski definition) is 0. The van der Waals surface area contributed by atoms with Gasteiger partial charge >= 0.3 is 29.8 Å². The molecule has 0 heterocycles. The SMILES string of the molecule is CC(C)=O.CC(C)=O.CCOC(=O)C(C)(COC)COC(C)=O.CCOC(=O)C(C)(COC)COC(C)=O.COCC(C)(COC)C(=O)OCc1ccccc1. The minimum absolute atomic E-state index is 0.0327. The largest absolute Gasteiger partial charge is 0.465 e. The van der Waals surface area contributed by atoms with Crippen molar-refractivity contribution in [1.82, 2.24) is 0 Å². The highest BCUT2D eigenvalue weighted by Crippen LogP contribution is 2.22. The molecule has 0 saturated heterocycles. The first-order valence-electron chi connectivity index (χ1n) is 17.7. The molecule has 0 bridgehead atoms. The standard InChI is InChI=1S/C14H20O4.2C10H18O5.2C3H6O/c1-14(10-16-2,11-17-3)13(15)18-9-12-7-5-4-6-8-12;2*1-5-14-9(12)10(3,6-13-4)7-15-8(2)11;2*1-3(2)4/h4-8H,9-11H2,1-3H3;2*5-7H2,1-4H3;2*1-2H3. The zero-order valence-electron chi connectivity index (χ0n) is 36.3. The normalized spacial score (nSPS) is 12.1. The Morgan fingerprint density at radius 2 is 0.714 bits per heavy atom. The summed E-state index contributed by atoms with van der Waals surface area (Å²) in [5.74, 6) is -1.68. The second-order valence-corrected chi connectivity index (χ2v) is 13.3. The Kier molecular flexibility index (Phi) is 35.5. The third kappa shape index (κ3) is 32.0. The first-order chi connectivity index (χ1) is 26.0. The van der Waals surface area contributed by atoms with E-state index >= 15 is 0 Å². The molecule has 1 rings (SSSR count). The van der Waals surface area contributed by atoms with Crippen LogP contribution in [0.2, 0.25) is 0 Å². The summed E-state index contributed by atoms with van der Waals surface area (Å²) in [5.41, 5.74) is -1.67. The molecule has 0 spiro atoms. The van der Waals surface area contributed by atoms with E-state index in [0.717, 1.165) is 5.56 Å². The minimum Gasteiger partial charge on any atom is -0.465 e. The van der Waals surface area contributed by atoms with Crippen LogP contribution in [0.1, 0.15) is 81.7 Å². The first kappa shape index (κ1) is 58.5. The van der Waals surface area contributed by atoms with Crippen molar-refractivity contribution in [1.29, 1.82) is 0 Å². The average Bonchev–Trinajstić information content (AvgIpc) is 3.10. The molecule has 0 aromatic heterocycles. The summed E-state index contributed by atoms with van der Waals surface area (Å²) >= 11 is 0. The van der Waals surface area contributed by atoms with Crippen molar-refractivity contribution in [2.45, 2.75) is 82.8 Å². The van der Waals surface area contributed by atoms with Crippen molar-refractivity contribution in [2.24, 2.45) is 16.2 Å². The highest BCUT2D eigenvalue weighted by Gasteiger charge is 2.38. The number of rotatable bonds is 19. The van der Waals surface area contributed by atoms with Crippen molar-refractivity contribution < 1.29 is 76.2 Å². The van der Waals surface area contributed by atoms with E-state index in [4.69, 9.17) is 42.6 Å². The predicted molar refractivity (Wildman–Crippen MR) is 207 cm³/mol. The van der Waals surface area contributed by atoms with Crippen molar-refractivity contribution in [2.75, 3.05) is 81.3 Å². The molecule has 0 amide bonds. The Morgan fingerprint density at radius 3 is 0.964 bits per heavy atom. The number of carbonyl (C=O) groups is 7. The van der Waals surface area contributed by atoms with E-state index < -0.39 is 40.1 Å². The number of ketones is 2. The summed E-state index contributed by atoms with van der Waals surface area (Å²) in [6, 6.07) is 9.57. The quantitative estimate of drug-likeness (QED) is 0.137. The molecule has 2 atom stereocenters. The highest BCUT2D eigenvalue weighted by atomic mass is 16.6. The molecular weight excluding hydrogens is 736 g/mol. The maximum Gasteiger partial charge on any atom is 0.317 e. The van der Waals surface area contributed by atoms with Gasteiger partial charge in [-0.25, -0.2) is 0 Å². The second-order valence-electron chi connectivity index (χ2n) is 13.3. The molecule has 0 aliphatic rings. The van der Waals surface area contributed by atoms with Gasteiger partial charge in [0.2, 0.25) is 0 Å². The molecule has 324 valence electrons. The number of Topliss-reactive ketones (excluding diaryl/α,β-unsaturated/α-hetero) is 2. The zero-order valence-corrected chi connectivity index (χ0v) is 36.3. The van der Waals surface area contributed by atoms with Gasteiger partial charge in [-0.1, -0.05) is 30.3 Å². The number of benzene rings is 1. The number of methoxy groups -OCH3 is 4. The Labute approximate surface area is 333 Å². The smallest absolute Gasteiger partial charge is 0.317 e. The summed E-state index contributed by atoms with van der Waals surface area (Å²) in [6.07, 6.45) is 0. The van der Waals surface area contributed by atoms with Crippen LogP contribution in [0.25, 0.3) is 0 Å². The molecule has 56 heavy (non-hydrogen) atoms. The van der Waals surface area contributed by atoms with Gasteiger partial charge in [-0.2, -0.15) is 0 Å². The molecule has 1 aromatic rings. The fourth-order valence-electron chi connectivity index (χ4n) is 3.78. The summed E-state index contributed by atoms with van der Waals surface area (Å²) in [5, 5.41) is 0. The van der Waals surface area contributed by atoms with E-state index in [-0.39, 0.29) is 77.0 Å². The molecule has 16 nitrogen and oxygen atoms in total. The van der Waals surface area contributed by atoms with E-state index in [9.17, 15) is 33.6 Å². The topological polar surface area (TPSA) is 203 Å². The Bertz CT molecular complexity index is 1190. The fourth-order valence-corrected chi connectivity index (χ4v) is 3.78. The number of esters is 5. The molecule has 2 unspecified atom stereocenters. The van der Waals surface area contributed by atoms with Gasteiger partial charge in [0, 0.05) is 42.3 Å². The molecule has 0 radical (unpaired) electrons. The summed E-state index contributed by atoms with van der Waals surface area (Å²) < 4.78 is 44.6. The Balaban J connectivity index is -0.000000331. The number of carbonyl (C=O) groups excluding carboxylic acids is 7. The summed E-state index contributed by atoms with van der Waals surface area (Å²) in [6.45, 7) is 18.8. The molecule has 0 aliphatic carbocycles. The average molecular weight is 805 g/mol. The van der Waals surface area contributed by atoms with E-state index in [1.165, 1.54) is 55.8 Å². The zero-order chi connectivity index (χ0) is 44.4. The maximum absolute atomic E-state index is 12.0. The van der Waals surface area contributed by atoms with Crippen LogP contribution in [-0.4, -0.2) is 123 Å². The lowest BCUT2D eigenvalue weighted by molar-refractivity contribution is -0.167. The van der Waals surface area contributed by atoms with Crippen LogP contribution in [0.3, 0.4) is 0 Å². The van der Waals surface area contributed by atoms with Gasteiger partial charge in [0.15, 0.2) is 0 Å². The minimum atomic E-state index is -0.934.